The predicted molar refractivity (Wildman–Crippen MR) is 56.4 cm³/mol. The summed E-state index contributed by atoms with van der Waals surface area (Å²) in [4.78, 5) is 4.29. The van der Waals surface area contributed by atoms with Gasteiger partial charge in [-0.05, 0) is 13.3 Å². The van der Waals surface area contributed by atoms with E-state index in [0.717, 1.165) is 12.8 Å². The van der Waals surface area contributed by atoms with Crippen LogP contribution in [0, 0.1) is 0 Å². The molecule has 0 aliphatic carbocycles. The molecule has 0 radical (unpaired) electrons. The van der Waals surface area contributed by atoms with Gasteiger partial charge in [0.2, 0.25) is 5.89 Å². The number of ether oxygens (including phenoxy) is 1. The van der Waals surface area contributed by atoms with Crippen molar-refractivity contribution < 1.29 is 9.26 Å². The fourth-order valence-corrected chi connectivity index (χ4v) is 1.37. The van der Waals surface area contributed by atoms with Crippen LogP contribution in [0.15, 0.2) is 4.52 Å². The van der Waals surface area contributed by atoms with E-state index in [9.17, 15) is 0 Å². The summed E-state index contributed by atoms with van der Waals surface area (Å²) in [5, 5.41) is 3.87. The monoisotopic (exact) mass is 213 g/mol. The van der Waals surface area contributed by atoms with E-state index in [1.165, 1.54) is 0 Å². The Bertz CT molecular complexity index is 288. The molecule has 2 N–H and O–H groups in total. The molecule has 0 aliphatic heterocycles. The molecule has 0 saturated heterocycles. The minimum Gasteiger partial charge on any atom is -0.374 e. The zero-order valence-electron chi connectivity index (χ0n) is 9.56. The maximum atomic E-state index is 5.65. The van der Waals surface area contributed by atoms with Crippen molar-refractivity contribution in [1.29, 1.82) is 0 Å². The minimum absolute atomic E-state index is 0.137. The zero-order valence-corrected chi connectivity index (χ0v) is 9.56. The van der Waals surface area contributed by atoms with Crippen molar-refractivity contribution in [2.45, 2.75) is 38.7 Å². The van der Waals surface area contributed by atoms with Gasteiger partial charge in [0.05, 0.1) is 5.92 Å². The summed E-state index contributed by atoms with van der Waals surface area (Å²) in [6.45, 7) is 4.53. The van der Waals surface area contributed by atoms with E-state index < -0.39 is 0 Å². The fraction of sp³-hybridized carbons (Fsp3) is 0.800. The molecular formula is C10H19N3O2. The van der Waals surface area contributed by atoms with E-state index in [1.54, 1.807) is 7.11 Å². The van der Waals surface area contributed by atoms with Crippen LogP contribution in [0.25, 0.3) is 0 Å². The Morgan fingerprint density at radius 1 is 1.53 bits per heavy atom. The highest BCUT2D eigenvalue weighted by Gasteiger charge is 2.19. The van der Waals surface area contributed by atoms with Crippen molar-refractivity contribution in [3.8, 4) is 0 Å². The molecule has 0 aliphatic rings. The third-order valence-electron chi connectivity index (χ3n) is 2.45. The van der Waals surface area contributed by atoms with Gasteiger partial charge in [0, 0.05) is 13.7 Å². The molecule has 0 aromatic carbocycles. The SMILES string of the molecule is CCCC(CN)c1nc(C(C)OC)no1. The number of aromatic nitrogens is 2. The maximum Gasteiger partial charge on any atom is 0.231 e. The smallest absolute Gasteiger partial charge is 0.231 e. The average molecular weight is 213 g/mol. The summed E-state index contributed by atoms with van der Waals surface area (Å²) >= 11 is 0. The van der Waals surface area contributed by atoms with E-state index in [4.69, 9.17) is 15.0 Å². The zero-order chi connectivity index (χ0) is 11.3. The Balaban J connectivity index is 2.72. The van der Waals surface area contributed by atoms with Gasteiger partial charge in [-0.3, -0.25) is 0 Å². The molecule has 0 spiro atoms. The normalized spacial score (nSPS) is 15.2. The lowest BCUT2D eigenvalue weighted by atomic mass is 10.0. The summed E-state index contributed by atoms with van der Waals surface area (Å²) in [6.07, 6.45) is 1.89. The van der Waals surface area contributed by atoms with Gasteiger partial charge in [-0.2, -0.15) is 4.98 Å². The number of rotatable bonds is 6. The van der Waals surface area contributed by atoms with E-state index in [0.29, 0.717) is 18.3 Å². The summed E-state index contributed by atoms with van der Waals surface area (Å²) in [5.74, 6) is 1.38. The number of hydrogen-bond acceptors (Lipinski definition) is 5. The molecule has 0 saturated carbocycles. The second-order valence-electron chi connectivity index (χ2n) is 3.59. The van der Waals surface area contributed by atoms with Crippen LogP contribution in [0.2, 0.25) is 0 Å². The number of hydrogen-bond donors (Lipinski definition) is 1. The summed E-state index contributed by atoms with van der Waals surface area (Å²) in [6, 6.07) is 0. The molecule has 1 rings (SSSR count). The Morgan fingerprint density at radius 3 is 2.80 bits per heavy atom. The van der Waals surface area contributed by atoms with Gasteiger partial charge >= 0.3 is 0 Å². The second-order valence-corrected chi connectivity index (χ2v) is 3.59. The first-order chi connectivity index (χ1) is 7.22. The second kappa shape index (κ2) is 5.82. The first-order valence-electron chi connectivity index (χ1n) is 5.29. The van der Waals surface area contributed by atoms with Crippen LogP contribution >= 0.6 is 0 Å². The van der Waals surface area contributed by atoms with Gasteiger partial charge in [0.25, 0.3) is 0 Å². The van der Waals surface area contributed by atoms with Crippen LogP contribution in [0.5, 0.6) is 0 Å². The Kier molecular flexibility index (Phi) is 4.71. The summed E-state index contributed by atoms with van der Waals surface area (Å²) in [7, 11) is 1.62. The van der Waals surface area contributed by atoms with Gasteiger partial charge in [-0.25, -0.2) is 0 Å². The Morgan fingerprint density at radius 2 is 2.27 bits per heavy atom. The highest BCUT2D eigenvalue weighted by Crippen LogP contribution is 2.20. The van der Waals surface area contributed by atoms with Gasteiger partial charge in [-0.1, -0.05) is 18.5 Å². The minimum atomic E-state index is -0.137. The van der Waals surface area contributed by atoms with Crippen LogP contribution in [0.1, 0.15) is 50.4 Å². The fourth-order valence-electron chi connectivity index (χ4n) is 1.37. The molecule has 0 fully saturated rings. The quantitative estimate of drug-likeness (QED) is 0.777. The van der Waals surface area contributed by atoms with Crippen molar-refractivity contribution in [3.05, 3.63) is 11.7 Å². The first kappa shape index (κ1) is 12.1. The third kappa shape index (κ3) is 3.00. The molecule has 0 amide bonds. The predicted octanol–water partition coefficient (Wildman–Crippen LogP) is 1.62. The standard InChI is InChI=1S/C10H19N3O2/c1-4-5-8(6-11)10-12-9(13-15-10)7(2)14-3/h7-8H,4-6,11H2,1-3H3. The van der Waals surface area contributed by atoms with E-state index in [2.05, 4.69) is 17.1 Å². The third-order valence-corrected chi connectivity index (χ3v) is 2.45. The summed E-state index contributed by atoms with van der Waals surface area (Å²) < 4.78 is 10.3. The van der Waals surface area contributed by atoms with Gasteiger partial charge in [-0.15, -0.1) is 0 Å². The first-order valence-corrected chi connectivity index (χ1v) is 5.29. The number of nitrogens with zero attached hydrogens (tertiary/aromatic N) is 2. The molecule has 86 valence electrons. The van der Waals surface area contributed by atoms with E-state index in [-0.39, 0.29) is 12.0 Å². The molecule has 5 nitrogen and oxygen atoms in total. The highest BCUT2D eigenvalue weighted by molar-refractivity contribution is 4.96. The van der Waals surface area contributed by atoms with Crippen LogP contribution in [-0.4, -0.2) is 23.8 Å². The molecule has 5 heteroatoms. The van der Waals surface area contributed by atoms with Crippen molar-refractivity contribution in [2.75, 3.05) is 13.7 Å². The Labute approximate surface area is 90.0 Å². The van der Waals surface area contributed by atoms with Crippen LogP contribution in [0.4, 0.5) is 0 Å². The van der Waals surface area contributed by atoms with E-state index >= 15 is 0 Å². The van der Waals surface area contributed by atoms with Gasteiger partial charge in [0.15, 0.2) is 5.82 Å². The largest absolute Gasteiger partial charge is 0.374 e. The molecule has 15 heavy (non-hydrogen) atoms. The lowest BCUT2D eigenvalue weighted by Gasteiger charge is -2.07. The van der Waals surface area contributed by atoms with Crippen molar-refractivity contribution in [1.82, 2.24) is 10.1 Å². The van der Waals surface area contributed by atoms with Crippen molar-refractivity contribution >= 4 is 0 Å². The molecular weight excluding hydrogens is 194 g/mol. The highest BCUT2D eigenvalue weighted by atomic mass is 16.5. The topological polar surface area (TPSA) is 74.2 Å². The molecule has 0 bridgehead atoms. The molecule has 1 aromatic heterocycles. The van der Waals surface area contributed by atoms with Crippen LogP contribution in [0.3, 0.4) is 0 Å². The number of nitrogens with two attached hydrogens (primary N) is 1. The maximum absolute atomic E-state index is 5.65. The van der Waals surface area contributed by atoms with Crippen LogP contribution in [-0.2, 0) is 4.74 Å². The lowest BCUT2D eigenvalue weighted by Crippen LogP contribution is -2.12. The molecule has 2 unspecified atom stereocenters. The lowest BCUT2D eigenvalue weighted by molar-refractivity contribution is 0.109. The molecule has 2 atom stereocenters. The van der Waals surface area contributed by atoms with Crippen molar-refractivity contribution in [3.63, 3.8) is 0 Å². The van der Waals surface area contributed by atoms with Gasteiger partial charge < -0.3 is 15.0 Å². The van der Waals surface area contributed by atoms with Gasteiger partial charge in [0.1, 0.15) is 6.10 Å². The molecule has 1 heterocycles. The number of methoxy groups -OCH3 is 1. The van der Waals surface area contributed by atoms with E-state index in [1.807, 2.05) is 6.92 Å². The summed E-state index contributed by atoms with van der Waals surface area (Å²) in [5.41, 5.74) is 5.65. The average Bonchev–Trinajstić information content (AvgIpc) is 2.73. The van der Waals surface area contributed by atoms with Crippen LogP contribution < -0.4 is 5.73 Å². The Hall–Kier alpha value is -0.940. The molecule has 1 aromatic rings. The van der Waals surface area contributed by atoms with Crippen molar-refractivity contribution in [2.24, 2.45) is 5.73 Å².